The topological polar surface area (TPSA) is 51.2 Å². The van der Waals surface area contributed by atoms with E-state index in [0.29, 0.717) is 21.2 Å². The minimum Gasteiger partial charge on any atom is -0.298 e. The molecule has 0 aromatic heterocycles. The SMILES string of the molecule is CSc1c(Br)cc(C=O)cc1S(C)(=O)=O. The summed E-state index contributed by atoms with van der Waals surface area (Å²) in [5.41, 5.74) is 0.347. The molecule has 0 spiro atoms. The van der Waals surface area contributed by atoms with E-state index in [1.807, 2.05) is 0 Å². The van der Waals surface area contributed by atoms with Crippen LogP contribution in [0.25, 0.3) is 0 Å². The number of sulfone groups is 1. The zero-order chi connectivity index (χ0) is 11.6. The molecule has 0 radical (unpaired) electrons. The van der Waals surface area contributed by atoms with E-state index < -0.39 is 9.84 Å². The second-order valence-electron chi connectivity index (χ2n) is 2.92. The highest BCUT2D eigenvalue weighted by atomic mass is 79.9. The van der Waals surface area contributed by atoms with Gasteiger partial charge in [-0.3, -0.25) is 4.79 Å². The Bertz CT molecular complexity index is 494. The van der Waals surface area contributed by atoms with Crippen LogP contribution in [0.3, 0.4) is 0 Å². The molecule has 0 amide bonds. The maximum absolute atomic E-state index is 11.5. The Balaban J connectivity index is 3.60. The van der Waals surface area contributed by atoms with E-state index in [0.717, 1.165) is 6.26 Å². The second-order valence-corrected chi connectivity index (χ2v) is 6.58. The van der Waals surface area contributed by atoms with Crippen molar-refractivity contribution in [3.05, 3.63) is 22.2 Å². The van der Waals surface area contributed by atoms with Crippen LogP contribution in [0.1, 0.15) is 10.4 Å². The molecule has 6 heteroatoms. The summed E-state index contributed by atoms with van der Waals surface area (Å²) in [6, 6.07) is 2.99. The third-order valence-corrected chi connectivity index (χ3v) is 4.76. The summed E-state index contributed by atoms with van der Waals surface area (Å²) in [7, 11) is -3.31. The summed E-state index contributed by atoms with van der Waals surface area (Å²) in [4.78, 5) is 11.4. The molecule has 0 unspecified atom stereocenters. The average Bonchev–Trinajstić information content (AvgIpc) is 2.15. The number of carbonyl (C=O) groups is 1. The van der Waals surface area contributed by atoms with E-state index in [1.165, 1.54) is 17.8 Å². The lowest BCUT2D eigenvalue weighted by atomic mass is 10.2. The van der Waals surface area contributed by atoms with Crippen molar-refractivity contribution in [3.8, 4) is 0 Å². The quantitative estimate of drug-likeness (QED) is 0.635. The Morgan fingerprint density at radius 3 is 2.40 bits per heavy atom. The Morgan fingerprint density at radius 2 is 2.00 bits per heavy atom. The molecule has 0 heterocycles. The number of hydrogen-bond acceptors (Lipinski definition) is 4. The highest BCUT2D eigenvalue weighted by molar-refractivity contribution is 9.10. The van der Waals surface area contributed by atoms with Crippen LogP contribution in [0.5, 0.6) is 0 Å². The van der Waals surface area contributed by atoms with Crippen molar-refractivity contribution in [3.63, 3.8) is 0 Å². The first-order valence-corrected chi connectivity index (χ1v) is 7.84. The van der Waals surface area contributed by atoms with E-state index in [1.54, 1.807) is 12.3 Å². The van der Waals surface area contributed by atoms with Crippen molar-refractivity contribution in [2.75, 3.05) is 12.5 Å². The van der Waals surface area contributed by atoms with Gasteiger partial charge in [0.2, 0.25) is 0 Å². The first-order valence-electron chi connectivity index (χ1n) is 3.93. The molecule has 1 aromatic rings. The van der Waals surface area contributed by atoms with Gasteiger partial charge in [0.05, 0.1) is 4.90 Å². The van der Waals surface area contributed by atoms with Crippen LogP contribution in [-0.2, 0) is 9.84 Å². The van der Waals surface area contributed by atoms with Gasteiger partial charge in [0.15, 0.2) is 9.84 Å². The van der Waals surface area contributed by atoms with Crippen molar-refractivity contribution in [2.24, 2.45) is 0 Å². The number of halogens is 1. The van der Waals surface area contributed by atoms with Crippen molar-refractivity contribution >= 4 is 43.8 Å². The molecule has 1 aromatic carbocycles. The number of hydrogen-bond donors (Lipinski definition) is 0. The van der Waals surface area contributed by atoms with E-state index in [2.05, 4.69) is 15.9 Å². The summed E-state index contributed by atoms with van der Waals surface area (Å²) in [6.45, 7) is 0. The summed E-state index contributed by atoms with van der Waals surface area (Å²) in [5.74, 6) is 0. The van der Waals surface area contributed by atoms with Gasteiger partial charge >= 0.3 is 0 Å². The van der Waals surface area contributed by atoms with Gasteiger partial charge in [-0.05, 0) is 34.3 Å². The fourth-order valence-electron chi connectivity index (χ4n) is 1.13. The van der Waals surface area contributed by atoms with E-state index in [-0.39, 0.29) is 4.90 Å². The van der Waals surface area contributed by atoms with Gasteiger partial charge in [0, 0.05) is 21.2 Å². The summed E-state index contributed by atoms with van der Waals surface area (Å²) in [6.07, 6.45) is 3.54. The fraction of sp³-hybridized carbons (Fsp3) is 0.222. The molecule has 82 valence electrons. The number of benzene rings is 1. The normalized spacial score (nSPS) is 11.4. The first kappa shape index (κ1) is 12.7. The predicted octanol–water partition coefficient (Wildman–Crippen LogP) is 2.39. The summed E-state index contributed by atoms with van der Waals surface area (Å²) >= 11 is 4.57. The van der Waals surface area contributed by atoms with E-state index in [4.69, 9.17) is 0 Å². The number of thioether (sulfide) groups is 1. The molecule has 0 aliphatic rings. The molecule has 0 fully saturated rings. The average molecular weight is 309 g/mol. The molecular weight excluding hydrogens is 300 g/mol. The zero-order valence-corrected chi connectivity index (χ0v) is 11.4. The van der Waals surface area contributed by atoms with Crippen LogP contribution >= 0.6 is 27.7 Å². The molecule has 0 aliphatic heterocycles. The standard InChI is InChI=1S/C9H9BrO3S2/c1-14-9-7(10)3-6(5-11)4-8(9)15(2,12)13/h3-5H,1-2H3. The predicted molar refractivity (Wildman–Crippen MR) is 64.4 cm³/mol. The lowest BCUT2D eigenvalue weighted by Crippen LogP contribution is -2.01. The first-order chi connectivity index (χ1) is 6.90. The smallest absolute Gasteiger partial charge is 0.176 e. The maximum atomic E-state index is 11.5. The Labute approximate surface area is 101 Å². The van der Waals surface area contributed by atoms with Gasteiger partial charge in [-0.1, -0.05) is 0 Å². The Hall–Kier alpha value is -0.330. The number of carbonyl (C=O) groups excluding carboxylic acids is 1. The van der Waals surface area contributed by atoms with Crippen LogP contribution < -0.4 is 0 Å². The Morgan fingerprint density at radius 1 is 1.40 bits per heavy atom. The fourth-order valence-corrected chi connectivity index (χ4v) is 4.24. The number of aldehydes is 1. The van der Waals surface area contributed by atoms with Gasteiger partial charge in [-0.25, -0.2) is 8.42 Å². The van der Waals surface area contributed by atoms with Crippen LogP contribution in [-0.4, -0.2) is 27.2 Å². The lowest BCUT2D eigenvalue weighted by Gasteiger charge is -2.08. The molecule has 15 heavy (non-hydrogen) atoms. The second kappa shape index (κ2) is 4.67. The molecule has 0 saturated heterocycles. The van der Waals surface area contributed by atoms with Crippen LogP contribution in [0.2, 0.25) is 0 Å². The molecule has 3 nitrogen and oxygen atoms in total. The molecule has 0 aliphatic carbocycles. The largest absolute Gasteiger partial charge is 0.298 e. The molecule has 1 rings (SSSR count). The molecule has 0 saturated carbocycles. The van der Waals surface area contributed by atoms with Crippen molar-refractivity contribution in [1.29, 1.82) is 0 Å². The van der Waals surface area contributed by atoms with Crippen LogP contribution in [0.4, 0.5) is 0 Å². The zero-order valence-electron chi connectivity index (χ0n) is 8.15. The molecular formula is C9H9BrO3S2. The van der Waals surface area contributed by atoms with Gasteiger partial charge < -0.3 is 0 Å². The third kappa shape index (κ3) is 2.83. The number of rotatable bonds is 3. The molecule has 0 bridgehead atoms. The molecule has 0 atom stereocenters. The minimum atomic E-state index is -3.31. The van der Waals surface area contributed by atoms with Gasteiger partial charge in [0.1, 0.15) is 6.29 Å². The summed E-state index contributed by atoms with van der Waals surface area (Å²) in [5, 5.41) is 0. The highest BCUT2D eigenvalue weighted by Gasteiger charge is 2.16. The van der Waals surface area contributed by atoms with E-state index in [9.17, 15) is 13.2 Å². The van der Waals surface area contributed by atoms with Crippen molar-refractivity contribution in [1.82, 2.24) is 0 Å². The van der Waals surface area contributed by atoms with E-state index >= 15 is 0 Å². The van der Waals surface area contributed by atoms with Crippen LogP contribution in [0.15, 0.2) is 26.4 Å². The maximum Gasteiger partial charge on any atom is 0.176 e. The monoisotopic (exact) mass is 308 g/mol. The highest BCUT2D eigenvalue weighted by Crippen LogP contribution is 2.33. The van der Waals surface area contributed by atoms with Gasteiger partial charge in [0.25, 0.3) is 0 Å². The van der Waals surface area contributed by atoms with Crippen molar-refractivity contribution < 1.29 is 13.2 Å². The minimum absolute atomic E-state index is 0.187. The summed E-state index contributed by atoms with van der Waals surface area (Å²) < 4.78 is 23.6. The molecule has 0 N–H and O–H groups in total. The Kier molecular flexibility index (Phi) is 3.97. The lowest BCUT2D eigenvalue weighted by molar-refractivity contribution is 0.112. The van der Waals surface area contributed by atoms with Crippen LogP contribution in [0, 0.1) is 0 Å². The van der Waals surface area contributed by atoms with Gasteiger partial charge in [-0.15, -0.1) is 11.8 Å². The third-order valence-electron chi connectivity index (χ3n) is 1.77. The van der Waals surface area contributed by atoms with Gasteiger partial charge in [-0.2, -0.15) is 0 Å². The van der Waals surface area contributed by atoms with Crippen molar-refractivity contribution in [2.45, 2.75) is 9.79 Å².